The Morgan fingerprint density at radius 1 is 1.00 bits per heavy atom. The summed E-state index contributed by atoms with van der Waals surface area (Å²) in [5, 5.41) is 12.3. The Hall–Kier alpha value is -2.40. The number of benzene rings is 3. The number of rotatable bonds is 6. The molecule has 0 radical (unpaired) electrons. The monoisotopic (exact) mass is 588 g/mol. The molecule has 0 atom stereocenters. The van der Waals surface area contributed by atoms with Crippen molar-refractivity contribution in [3.63, 3.8) is 0 Å². The molecule has 4 nitrogen and oxygen atoms in total. The molecule has 1 amide bonds. The zero-order valence-corrected chi connectivity index (χ0v) is 20.3. The van der Waals surface area contributed by atoms with Gasteiger partial charge in [-0.25, -0.2) is 0 Å². The van der Waals surface area contributed by atoms with Crippen LogP contribution < -0.4 is 10.1 Å². The van der Waals surface area contributed by atoms with Crippen molar-refractivity contribution >= 4 is 65.5 Å². The molecule has 3 aromatic carbocycles. The van der Waals surface area contributed by atoms with Crippen LogP contribution in [0.5, 0.6) is 5.75 Å². The summed E-state index contributed by atoms with van der Waals surface area (Å²) >= 11 is 10.3. The summed E-state index contributed by atoms with van der Waals surface area (Å²) in [6.07, 6.45) is 1.52. The lowest BCUT2D eigenvalue weighted by molar-refractivity contribution is -0.112. The number of nitriles is 1. The first-order valence-corrected chi connectivity index (χ1v) is 11.2. The number of amides is 1. The maximum Gasteiger partial charge on any atom is 0.266 e. The SMILES string of the molecule is N#C/C(=C\c1cc(Br)cc(Br)c1OCc1ccccc1)C(=O)Nc1ccc(Br)cc1. The number of hydrogen-bond donors (Lipinski definition) is 1. The van der Waals surface area contributed by atoms with E-state index in [1.54, 1.807) is 18.2 Å². The van der Waals surface area contributed by atoms with Crippen molar-refractivity contribution in [3.8, 4) is 11.8 Å². The molecule has 0 aliphatic rings. The van der Waals surface area contributed by atoms with Crippen LogP contribution in [0.4, 0.5) is 5.69 Å². The fourth-order valence-corrected chi connectivity index (χ4v) is 4.24. The van der Waals surface area contributed by atoms with Crippen molar-refractivity contribution in [1.82, 2.24) is 0 Å². The lowest BCUT2D eigenvalue weighted by atomic mass is 10.1. The lowest BCUT2D eigenvalue weighted by Gasteiger charge is -2.13. The topological polar surface area (TPSA) is 62.1 Å². The molecule has 0 aliphatic carbocycles. The fourth-order valence-electron chi connectivity index (χ4n) is 2.61. The van der Waals surface area contributed by atoms with Crippen LogP contribution in [0.25, 0.3) is 6.08 Å². The number of carbonyl (C=O) groups excluding carboxylic acids is 1. The average Bonchev–Trinajstić information content (AvgIpc) is 2.73. The summed E-state index contributed by atoms with van der Waals surface area (Å²) in [6, 6.07) is 22.5. The average molecular weight is 591 g/mol. The molecule has 1 N–H and O–H groups in total. The minimum atomic E-state index is -0.495. The quantitative estimate of drug-likeness (QED) is 0.246. The number of ether oxygens (including phenoxy) is 1. The van der Waals surface area contributed by atoms with Gasteiger partial charge < -0.3 is 10.1 Å². The predicted molar refractivity (Wildman–Crippen MR) is 129 cm³/mol. The van der Waals surface area contributed by atoms with Crippen molar-refractivity contribution in [3.05, 3.63) is 96.8 Å². The van der Waals surface area contributed by atoms with Gasteiger partial charge in [-0.1, -0.05) is 62.2 Å². The molecule has 3 rings (SSSR count). The first-order chi connectivity index (χ1) is 14.5. The molecule has 0 fully saturated rings. The van der Waals surface area contributed by atoms with Crippen LogP contribution in [0.1, 0.15) is 11.1 Å². The van der Waals surface area contributed by atoms with E-state index < -0.39 is 5.91 Å². The van der Waals surface area contributed by atoms with Gasteiger partial charge in [0.25, 0.3) is 5.91 Å². The van der Waals surface area contributed by atoms with Crippen LogP contribution in [0.2, 0.25) is 0 Å². The van der Waals surface area contributed by atoms with E-state index in [1.807, 2.05) is 54.6 Å². The Kier molecular flexibility index (Phi) is 7.86. The van der Waals surface area contributed by atoms with Crippen LogP contribution >= 0.6 is 47.8 Å². The van der Waals surface area contributed by atoms with E-state index in [0.717, 1.165) is 14.5 Å². The molecule has 0 unspecified atom stereocenters. The van der Waals surface area contributed by atoms with Gasteiger partial charge in [-0.2, -0.15) is 5.26 Å². The fraction of sp³-hybridized carbons (Fsp3) is 0.0435. The van der Waals surface area contributed by atoms with E-state index >= 15 is 0 Å². The van der Waals surface area contributed by atoms with Gasteiger partial charge in [-0.3, -0.25) is 4.79 Å². The van der Waals surface area contributed by atoms with Crippen LogP contribution in [0.3, 0.4) is 0 Å². The highest BCUT2D eigenvalue weighted by molar-refractivity contribution is 9.11. The second kappa shape index (κ2) is 10.6. The van der Waals surface area contributed by atoms with Crippen molar-refractivity contribution in [2.45, 2.75) is 6.61 Å². The lowest BCUT2D eigenvalue weighted by Crippen LogP contribution is -2.13. The van der Waals surface area contributed by atoms with Gasteiger partial charge in [-0.05, 0) is 64.0 Å². The first kappa shape index (κ1) is 22.3. The maximum atomic E-state index is 12.6. The van der Waals surface area contributed by atoms with E-state index in [2.05, 4.69) is 53.1 Å². The number of nitrogens with zero attached hydrogens (tertiary/aromatic N) is 1. The molecule has 3 aromatic rings. The zero-order valence-electron chi connectivity index (χ0n) is 15.5. The molecular formula is C23H15Br3N2O2. The smallest absolute Gasteiger partial charge is 0.266 e. The van der Waals surface area contributed by atoms with Gasteiger partial charge in [0.1, 0.15) is 24.0 Å². The predicted octanol–water partition coefficient (Wildman–Crippen LogP) is 7.10. The summed E-state index contributed by atoms with van der Waals surface area (Å²) in [5.74, 6) is 0.0520. The van der Waals surface area contributed by atoms with E-state index in [-0.39, 0.29) is 5.57 Å². The summed E-state index contributed by atoms with van der Waals surface area (Å²) in [5.41, 5.74) is 2.18. The maximum absolute atomic E-state index is 12.6. The molecule has 7 heteroatoms. The summed E-state index contributed by atoms with van der Waals surface area (Å²) in [4.78, 5) is 12.6. The molecule has 150 valence electrons. The second-order valence-corrected chi connectivity index (χ2v) is 8.90. The largest absolute Gasteiger partial charge is 0.487 e. The van der Waals surface area contributed by atoms with Crippen molar-refractivity contribution in [1.29, 1.82) is 5.26 Å². The summed E-state index contributed by atoms with van der Waals surface area (Å²) in [6.45, 7) is 0.356. The third kappa shape index (κ3) is 6.05. The molecular weight excluding hydrogens is 576 g/mol. The van der Waals surface area contributed by atoms with Crippen LogP contribution in [-0.4, -0.2) is 5.91 Å². The number of anilines is 1. The molecule has 0 heterocycles. The number of carbonyl (C=O) groups is 1. The van der Waals surface area contributed by atoms with Crippen LogP contribution in [0, 0.1) is 11.3 Å². The minimum Gasteiger partial charge on any atom is -0.487 e. The van der Waals surface area contributed by atoms with E-state index in [4.69, 9.17) is 4.74 Å². The zero-order chi connectivity index (χ0) is 21.5. The van der Waals surface area contributed by atoms with Crippen molar-refractivity contribution in [2.24, 2.45) is 0 Å². The molecule has 0 bridgehead atoms. The Morgan fingerprint density at radius 3 is 2.37 bits per heavy atom. The van der Waals surface area contributed by atoms with Gasteiger partial charge in [0.2, 0.25) is 0 Å². The third-order valence-electron chi connectivity index (χ3n) is 4.03. The van der Waals surface area contributed by atoms with E-state index in [1.165, 1.54) is 6.08 Å². The summed E-state index contributed by atoms with van der Waals surface area (Å²) in [7, 11) is 0. The highest BCUT2D eigenvalue weighted by Gasteiger charge is 2.14. The standard InChI is InChI=1S/C23H15Br3N2O2/c24-18-6-8-20(9-7-18)28-23(29)17(13-27)10-16-11-19(25)12-21(26)22(16)30-14-15-4-2-1-3-5-15/h1-12H,14H2,(H,28,29)/b17-10+. The Morgan fingerprint density at radius 2 is 1.70 bits per heavy atom. The Bertz CT molecular complexity index is 1120. The van der Waals surface area contributed by atoms with E-state index in [0.29, 0.717) is 28.1 Å². The van der Waals surface area contributed by atoms with Crippen molar-refractivity contribution in [2.75, 3.05) is 5.32 Å². The number of halogens is 3. The molecule has 0 saturated heterocycles. The second-order valence-electron chi connectivity index (χ2n) is 6.21. The Balaban J connectivity index is 1.88. The van der Waals surface area contributed by atoms with E-state index in [9.17, 15) is 10.1 Å². The Labute approximate surface area is 200 Å². The van der Waals surface area contributed by atoms with Crippen LogP contribution in [-0.2, 0) is 11.4 Å². The number of hydrogen-bond acceptors (Lipinski definition) is 3. The van der Waals surface area contributed by atoms with Gasteiger partial charge in [0.15, 0.2) is 0 Å². The molecule has 30 heavy (non-hydrogen) atoms. The normalized spacial score (nSPS) is 10.9. The molecule has 0 aliphatic heterocycles. The van der Waals surface area contributed by atoms with Crippen molar-refractivity contribution < 1.29 is 9.53 Å². The van der Waals surface area contributed by atoms with Gasteiger partial charge >= 0.3 is 0 Å². The number of nitrogens with one attached hydrogen (secondary N) is 1. The molecule has 0 aromatic heterocycles. The minimum absolute atomic E-state index is 0.0347. The van der Waals surface area contributed by atoms with Gasteiger partial charge in [0, 0.05) is 20.2 Å². The van der Waals surface area contributed by atoms with Gasteiger partial charge in [0.05, 0.1) is 4.47 Å². The molecule has 0 spiro atoms. The first-order valence-electron chi connectivity index (χ1n) is 8.81. The highest BCUT2D eigenvalue weighted by Crippen LogP contribution is 2.35. The van der Waals surface area contributed by atoms with Crippen LogP contribution in [0.15, 0.2) is 85.7 Å². The van der Waals surface area contributed by atoms with Gasteiger partial charge in [-0.15, -0.1) is 0 Å². The molecule has 0 saturated carbocycles. The summed E-state index contributed by atoms with van der Waals surface area (Å²) < 4.78 is 8.41. The third-order valence-corrected chi connectivity index (χ3v) is 5.61. The highest BCUT2D eigenvalue weighted by atomic mass is 79.9.